The third-order valence-electron chi connectivity index (χ3n) is 2.50. The second kappa shape index (κ2) is 7.87. The molecule has 1 rings (SSSR count). The van der Waals surface area contributed by atoms with E-state index in [2.05, 4.69) is 41.4 Å². The minimum absolute atomic E-state index is 0.714. The van der Waals surface area contributed by atoms with Crippen LogP contribution in [0.1, 0.15) is 40.0 Å². The first-order valence-electron chi connectivity index (χ1n) is 6.53. The molecular formula is C13H24N4. The lowest BCUT2D eigenvalue weighted by Crippen LogP contribution is -2.09. The van der Waals surface area contributed by atoms with Crippen LogP contribution in [-0.2, 0) is 0 Å². The zero-order valence-corrected chi connectivity index (χ0v) is 11.2. The lowest BCUT2D eigenvalue weighted by molar-refractivity contribution is 0.606. The molecule has 0 aliphatic heterocycles. The fourth-order valence-corrected chi connectivity index (χ4v) is 1.41. The van der Waals surface area contributed by atoms with Crippen LogP contribution >= 0.6 is 0 Å². The van der Waals surface area contributed by atoms with Gasteiger partial charge in [-0.3, -0.25) is 0 Å². The molecule has 0 bridgehead atoms. The SMILES string of the molecule is CCCCNc1nccc(NCCC(C)C)n1. The Morgan fingerprint density at radius 2 is 2.06 bits per heavy atom. The van der Waals surface area contributed by atoms with Gasteiger partial charge in [0.1, 0.15) is 5.82 Å². The van der Waals surface area contributed by atoms with Gasteiger partial charge in [-0.25, -0.2) is 4.98 Å². The van der Waals surface area contributed by atoms with Crippen LogP contribution in [0.25, 0.3) is 0 Å². The Morgan fingerprint density at radius 3 is 2.76 bits per heavy atom. The monoisotopic (exact) mass is 236 g/mol. The van der Waals surface area contributed by atoms with Crippen LogP contribution in [0.4, 0.5) is 11.8 Å². The average Bonchev–Trinajstić information content (AvgIpc) is 2.29. The first kappa shape index (κ1) is 13.7. The highest BCUT2D eigenvalue weighted by Gasteiger charge is 1.99. The van der Waals surface area contributed by atoms with Crippen LogP contribution < -0.4 is 10.6 Å². The molecule has 96 valence electrons. The van der Waals surface area contributed by atoms with E-state index in [-0.39, 0.29) is 0 Å². The Hall–Kier alpha value is -1.32. The number of aromatic nitrogens is 2. The highest BCUT2D eigenvalue weighted by atomic mass is 15.1. The standard InChI is InChI=1S/C13H24N4/c1-4-5-8-15-13-16-10-7-12(17-13)14-9-6-11(2)3/h7,10-11H,4-6,8-9H2,1-3H3,(H2,14,15,16,17). The Balaban J connectivity index is 2.37. The number of nitrogens with zero attached hydrogens (tertiary/aromatic N) is 2. The maximum atomic E-state index is 4.41. The van der Waals surface area contributed by atoms with E-state index in [0.717, 1.165) is 31.7 Å². The number of nitrogens with one attached hydrogen (secondary N) is 2. The Morgan fingerprint density at radius 1 is 1.24 bits per heavy atom. The molecule has 0 atom stereocenters. The number of hydrogen-bond acceptors (Lipinski definition) is 4. The summed E-state index contributed by atoms with van der Waals surface area (Å²) in [6.07, 6.45) is 5.27. The number of hydrogen-bond donors (Lipinski definition) is 2. The molecule has 0 amide bonds. The molecule has 0 saturated heterocycles. The molecular weight excluding hydrogens is 212 g/mol. The molecule has 0 aliphatic rings. The summed E-state index contributed by atoms with van der Waals surface area (Å²) in [7, 11) is 0. The van der Waals surface area contributed by atoms with E-state index in [9.17, 15) is 0 Å². The van der Waals surface area contributed by atoms with Gasteiger partial charge in [0.2, 0.25) is 5.95 Å². The molecule has 1 aromatic rings. The average molecular weight is 236 g/mol. The third kappa shape index (κ3) is 6.09. The lowest BCUT2D eigenvalue weighted by Gasteiger charge is -2.09. The molecule has 1 aromatic heterocycles. The summed E-state index contributed by atoms with van der Waals surface area (Å²) >= 11 is 0. The molecule has 0 saturated carbocycles. The van der Waals surface area contributed by atoms with Gasteiger partial charge in [-0.15, -0.1) is 0 Å². The van der Waals surface area contributed by atoms with Gasteiger partial charge in [0.15, 0.2) is 0 Å². The van der Waals surface area contributed by atoms with Gasteiger partial charge in [0.25, 0.3) is 0 Å². The van der Waals surface area contributed by atoms with Crippen molar-refractivity contribution in [3.05, 3.63) is 12.3 Å². The highest BCUT2D eigenvalue weighted by molar-refractivity contribution is 5.39. The summed E-state index contributed by atoms with van der Waals surface area (Å²) in [6, 6.07) is 1.91. The zero-order chi connectivity index (χ0) is 12.5. The van der Waals surface area contributed by atoms with Gasteiger partial charge < -0.3 is 10.6 Å². The fraction of sp³-hybridized carbons (Fsp3) is 0.692. The van der Waals surface area contributed by atoms with Crippen molar-refractivity contribution in [1.29, 1.82) is 0 Å². The van der Waals surface area contributed by atoms with Crippen LogP contribution in [0.3, 0.4) is 0 Å². The van der Waals surface area contributed by atoms with Crippen LogP contribution in [0.5, 0.6) is 0 Å². The molecule has 1 heterocycles. The number of rotatable bonds is 8. The molecule has 2 N–H and O–H groups in total. The second-order valence-corrected chi connectivity index (χ2v) is 4.66. The van der Waals surface area contributed by atoms with Gasteiger partial charge in [-0.1, -0.05) is 27.2 Å². The van der Waals surface area contributed by atoms with Crippen LogP contribution in [-0.4, -0.2) is 23.1 Å². The maximum absolute atomic E-state index is 4.41. The van der Waals surface area contributed by atoms with Gasteiger partial charge in [0, 0.05) is 19.3 Å². The molecule has 0 spiro atoms. The molecule has 4 heteroatoms. The Bertz CT molecular complexity index is 312. The van der Waals surface area contributed by atoms with Crippen molar-refractivity contribution < 1.29 is 0 Å². The summed E-state index contributed by atoms with van der Waals surface area (Å²) in [5.41, 5.74) is 0. The highest BCUT2D eigenvalue weighted by Crippen LogP contribution is 2.07. The quantitative estimate of drug-likeness (QED) is 0.681. The predicted octanol–water partition coefficient (Wildman–Crippen LogP) is 3.15. The summed E-state index contributed by atoms with van der Waals surface area (Å²) in [6.45, 7) is 8.51. The molecule has 17 heavy (non-hydrogen) atoms. The molecule has 0 unspecified atom stereocenters. The number of unbranched alkanes of at least 4 members (excludes halogenated alkanes) is 1. The fourth-order valence-electron chi connectivity index (χ4n) is 1.41. The number of anilines is 2. The van der Waals surface area contributed by atoms with Crippen molar-refractivity contribution in [3.63, 3.8) is 0 Å². The molecule has 0 aliphatic carbocycles. The molecule has 0 radical (unpaired) electrons. The first-order valence-corrected chi connectivity index (χ1v) is 6.53. The second-order valence-electron chi connectivity index (χ2n) is 4.66. The van der Waals surface area contributed by atoms with E-state index in [1.807, 2.05) is 6.07 Å². The third-order valence-corrected chi connectivity index (χ3v) is 2.50. The smallest absolute Gasteiger partial charge is 0.224 e. The summed E-state index contributed by atoms with van der Waals surface area (Å²) in [5.74, 6) is 2.33. The van der Waals surface area contributed by atoms with E-state index in [1.165, 1.54) is 6.42 Å². The minimum atomic E-state index is 0.714. The minimum Gasteiger partial charge on any atom is -0.370 e. The van der Waals surface area contributed by atoms with Crippen molar-refractivity contribution in [3.8, 4) is 0 Å². The van der Waals surface area contributed by atoms with E-state index < -0.39 is 0 Å². The van der Waals surface area contributed by atoms with Crippen LogP contribution in [0.15, 0.2) is 12.3 Å². The van der Waals surface area contributed by atoms with E-state index in [1.54, 1.807) is 6.20 Å². The van der Waals surface area contributed by atoms with Crippen molar-refractivity contribution in [1.82, 2.24) is 9.97 Å². The largest absolute Gasteiger partial charge is 0.370 e. The summed E-state index contributed by atoms with van der Waals surface area (Å²) < 4.78 is 0. The summed E-state index contributed by atoms with van der Waals surface area (Å²) in [4.78, 5) is 8.60. The van der Waals surface area contributed by atoms with E-state index >= 15 is 0 Å². The lowest BCUT2D eigenvalue weighted by atomic mass is 10.1. The summed E-state index contributed by atoms with van der Waals surface area (Å²) in [5, 5.41) is 6.54. The van der Waals surface area contributed by atoms with Crippen molar-refractivity contribution in [2.45, 2.75) is 40.0 Å². The van der Waals surface area contributed by atoms with E-state index in [0.29, 0.717) is 11.9 Å². The van der Waals surface area contributed by atoms with E-state index in [4.69, 9.17) is 0 Å². The Kier molecular flexibility index (Phi) is 6.37. The molecule has 4 nitrogen and oxygen atoms in total. The van der Waals surface area contributed by atoms with Gasteiger partial charge in [-0.05, 0) is 24.8 Å². The normalized spacial score (nSPS) is 10.6. The van der Waals surface area contributed by atoms with Crippen LogP contribution in [0, 0.1) is 5.92 Å². The predicted molar refractivity (Wildman–Crippen MR) is 73.4 cm³/mol. The zero-order valence-electron chi connectivity index (χ0n) is 11.2. The van der Waals surface area contributed by atoms with Crippen molar-refractivity contribution in [2.24, 2.45) is 5.92 Å². The first-order chi connectivity index (χ1) is 8.22. The maximum Gasteiger partial charge on any atom is 0.224 e. The van der Waals surface area contributed by atoms with Crippen molar-refractivity contribution in [2.75, 3.05) is 23.7 Å². The molecule has 0 fully saturated rings. The van der Waals surface area contributed by atoms with Crippen molar-refractivity contribution >= 4 is 11.8 Å². The van der Waals surface area contributed by atoms with Gasteiger partial charge in [-0.2, -0.15) is 4.98 Å². The molecule has 0 aromatic carbocycles. The topological polar surface area (TPSA) is 49.8 Å². The Labute approximate surface area is 104 Å². The van der Waals surface area contributed by atoms with Gasteiger partial charge in [0.05, 0.1) is 0 Å². The van der Waals surface area contributed by atoms with Crippen LogP contribution in [0.2, 0.25) is 0 Å². The van der Waals surface area contributed by atoms with Gasteiger partial charge >= 0.3 is 0 Å².